The summed E-state index contributed by atoms with van der Waals surface area (Å²) in [7, 11) is 0. The molecule has 11 heavy (non-hydrogen) atoms. The predicted molar refractivity (Wildman–Crippen MR) is 40.4 cm³/mol. The Morgan fingerprint density at radius 3 is 2.64 bits per heavy atom. The minimum atomic E-state index is -2.22. The fraction of sp³-hybridized carbons (Fsp3) is 0. The zero-order valence-electron chi connectivity index (χ0n) is 5.25. The van der Waals surface area contributed by atoms with Gasteiger partial charge >= 0.3 is 0 Å². The van der Waals surface area contributed by atoms with Gasteiger partial charge < -0.3 is 4.55 Å². The van der Waals surface area contributed by atoms with E-state index in [0.29, 0.717) is 0 Å². The highest BCUT2D eigenvalue weighted by Crippen LogP contribution is 2.21. The molecule has 1 unspecified atom stereocenters. The third-order valence-corrected chi connectivity index (χ3v) is 2.32. The van der Waals surface area contributed by atoms with E-state index in [1.54, 1.807) is 0 Å². The van der Waals surface area contributed by atoms with E-state index >= 15 is 0 Å². The number of hydrogen-bond acceptors (Lipinski definition) is 1. The van der Waals surface area contributed by atoms with Crippen molar-refractivity contribution in [1.29, 1.82) is 0 Å². The van der Waals surface area contributed by atoms with E-state index in [4.69, 9.17) is 16.2 Å². The van der Waals surface area contributed by atoms with Crippen molar-refractivity contribution >= 4 is 22.7 Å². The van der Waals surface area contributed by atoms with Crippen LogP contribution in [0, 0.1) is 5.82 Å². The summed E-state index contributed by atoms with van der Waals surface area (Å²) in [5.74, 6) is -0.688. The summed E-state index contributed by atoms with van der Waals surface area (Å²) in [5.41, 5.74) is 0. The maximum absolute atomic E-state index is 12.6. The molecule has 0 aliphatic carbocycles. The second-order valence-corrected chi connectivity index (χ2v) is 3.12. The lowest BCUT2D eigenvalue weighted by Crippen LogP contribution is -1.91. The molecule has 0 bridgehead atoms. The van der Waals surface area contributed by atoms with E-state index in [2.05, 4.69) is 0 Å². The van der Waals surface area contributed by atoms with Crippen molar-refractivity contribution in [2.45, 2.75) is 4.90 Å². The molecule has 0 aromatic heterocycles. The highest BCUT2D eigenvalue weighted by atomic mass is 35.5. The fourth-order valence-electron chi connectivity index (χ4n) is 0.619. The van der Waals surface area contributed by atoms with Crippen molar-refractivity contribution in [1.82, 2.24) is 0 Å². The monoisotopic (exact) mass is 194 g/mol. The van der Waals surface area contributed by atoms with Crippen LogP contribution in [0.2, 0.25) is 5.02 Å². The topological polar surface area (TPSA) is 37.3 Å². The minimum absolute atomic E-state index is 0.105. The minimum Gasteiger partial charge on any atom is -0.302 e. The Morgan fingerprint density at radius 1 is 1.55 bits per heavy atom. The Morgan fingerprint density at radius 2 is 2.18 bits per heavy atom. The molecule has 0 amide bonds. The summed E-state index contributed by atoms with van der Waals surface area (Å²) in [6.07, 6.45) is 0. The molecular weight excluding hydrogens is 191 g/mol. The van der Waals surface area contributed by atoms with Crippen LogP contribution >= 0.6 is 11.6 Å². The van der Waals surface area contributed by atoms with Crippen molar-refractivity contribution in [3.05, 3.63) is 29.0 Å². The summed E-state index contributed by atoms with van der Waals surface area (Å²) in [6, 6.07) is 3.74. The molecule has 0 aliphatic heterocycles. The fourth-order valence-corrected chi connectivity index (χ4v) is 1.39. The van der Waals surface area contributed by atoms with Gasteiger partial charge in [0.25, 0.3) is 0 Å². The molecule has 60 valence electrons. The van der Waals surface area contributed by atoms with E-state index in [0.717, 1.165) is 6.07 Å². The standard InChI is InChI=1S/C6H4ClFO2S/c7-6-4(8)2-1-3-5(6)11(9)10/h1-3H,(H,9,10). The van der Waals surface area contributed by atoms with Crippen LogP contribution in [-0.2, 0) is 11.1 Å². The third-order valence-electron chi connectivity index (χ3n) is 1.10. The summed E-state index contributed by atoms with van der Waals surface area (Å²) in [5, 5.41) is -0.298. The molecule has 0 spiro atoms. The van der Waals surface area contributed by atoms with Gasteiger partial charge in [0.05, 0.1) is 9.92 Å². The molecule has 0 heterocycles. The Hall–Kier alpha value is -0.450. The van der Waals surface area contributed by atoms with Crippen molar-refractivity contribution in [3.63, 3.8) is 0 Å². The van der Waals surface area contributed by atoms with Crippen molar-refractivity contribution in [2.24, 2.45) is 0 Å². The Kier molecular flexibility index (Phi) is 2.59. The highest BCUT2D eigenvalue weighted by Gasteiger charge is 2.08. The Balaban J connectivity index is 3.27. The van der Waals surface area contributed by atoms with Gasteiger partial charge in [0.15, 0.2) is 11.1 Å². The summed E-state index contributed by atoms with van der Waals surface area (Å²) in [6.45, 7) is 0. The van der Waals surface area contributed by atoms with Gasteiger partial charge in [-0.25, -0.2) is 8.60 Å². The lowest BCUT2D eigenvalue weighted by molar-refractivity contribution is 0.561. The van der Waals surface area contributed by atoms with E-state index in [-0.39, 0.29) is 9.92 Å². The number of halogens is 2. The SMILES string of the molecule is O=S(O)c1cccc(F)c1Cl. The second kappa shape index (κ2) is 3.30. The van der Waals surface area contributed by atoms with Gasteiger partial charge in [0, 0.05) is 0 Å². The van der Waals surface area contributed by atoms with Crippen LogP contribution in [0.25, 0.3) is 0 Å². The zero-order valence-corrected chi connectivity index (χ0v) is 6.82. The second-order valence-electron chi connectivity index (χ2n) is 1.80. The first-order valence-corrected chi connectivity index (χ1v) is 4.16. The van der Waals surface area contributed by atoms with Crippen molar-refractivity contribution in [2.75, 3.05) is 0 Å². The molecule has 2 nitrogen and oxygen atoms in total. The Bertz CT molecular complexity index is 303. The highest BCUT2D eigenvalue weighted by molar-refractivity contribution is 7.79. The quantitative estimate of drug-likeness (QED) is 0.695. The third kappa shape index (κ3) is 1.77. The number of hydrogen-bond donors (Lipinski definition) is 1. The van der Waals surface area contributed by atoms with Gasteiger partial charge in [-0.15, -0.1) is 0 Å². The van der Waals surface area contributed by atoms with Crippen LogP contribution in [0.4, 0.5) is 4.39 Å². The number of benzene rings is 1. The van der Waals surface area contributed by atoms with Crippen LogP contribution in [0.1, 0.15) is 0 Å². The normalized spacial score (nSPS) is 13.0. The molecule has 0 aliphatic rings. The molecule has 1 aromatic carbocycles. The largest absolute Gasteiger partial charge is 0.302 e. The molecule has 0 fully saturated rings. The molecule has 1 N–H and O–H groups in total. The number of rotatable bonds is 1. The van der Waals surface area contributed by atoms with Gasteiger partial charge in [-0.3, -0.25) is 0 Å². The zero-order chi connectivity index (χ0) is 8.43. The van der Waals surface area contributed by atoms with E-state index in [1.165, 1.54) is 12.1 Å². The van der Waals surface area contributed by atoms with Crippen LogP contribution in [0.3, 0.4) is 0 Å². The maximum Gasteiger partial charge on any atom is 0.188 e. The van der Waals surface area contributed by atoms with E-state index in [1.807, 2.05) is 0 Å². The van der Waals surface area contributed by atoms with E-state index < -0.39 is 16.9 Å². The molecule has 5 heteroatoms. The average molecular weight is 195 g/mol. The average Bonchev–Trinajstić information content (AvgIpc) is 1.94. The summed E-state index contributed by atoms with van der Waals surface area (Å²) in [4.78, 5) is -0.105. The van der Waals surface area contributed by atoms with Gasteiger partial charge in [-0.05, 0) is 12.1 Å². The molecule has 0 saturated carbocycles. The van der Waals surface area contributed by atoms with Gasteiger partial charge in [-0.1, -0.05) is 17.7 Å². The smallest absolute Gasteiger partial charge is 0.188 e. The predicted octanol–water partition coefficient (Wildman–Crippen LogP) is 2.06. The Labute approximate surface area is 70.3 Å². The summed E-state index contributed by atoms with van der Waals surface area (Å²) >= 11 is 3.14. The lowest BCUT2D eigenvalue weighted by Gasteiger charge is -1.97. The van der Waals surface area contributed by atoms with Gasteiger partial charge in [0.2, 0.25) is 0 Å². The molecule has 1 rings (SSSR count). The van der Waals surface area contributed by atoms with Crippen molar-refractivity contribution in [3.8, 4) is 0 Å². The van der Waals surface area contributed by atoms with Gasteiger partial charge in [0.1, 0.15) is 5.82 Å². The van der Waals surface area contributed by atoms with Crippen molar-refractivity contribution < 1.29 is 13.2 Å². The van der Waals surface area contributed by atoms with E-state index in [9.17, 15) is 8.60 Å². The molecule has 1 atom stereocenters. The van der Waals surface area contributed by atoms with Crippen LogP contribution in [0.15, 0.2) is 23.1 Å². The first kappa shape index (κ1) is 8.64. The van der Waals surface area contributed by atoms with Crippen LogP contribution in [-0.4, -0.2) is 8.76 Å². The maximum atomic E-state index is 12.6. The first-order chi connectivity index (χ1) is 5.13. The summed E-state index contributed by atoms with van der Waals surface area (Å²) < 4.78 is 31.5. The molecule has 0 saturated heterocycles. The molecule has 0 radical (unpaired) electrons. The molecule has 1 aromatic rings. The van der Waals surface area contributed by atoms with Crippen LogP contribution < -0.4 is 0 Å². The lowest BCUT2D eigenvalue weighted by atomic mass is 10.3. The first-order valence-electron chi connectivity index (χ1n) is 2.68. The van der Waals surface area contributed by atoms with Crippen LogP contribution in [0.5, 0.6) is 0 Å². The van der Waals surface area contributed by atoms with Gasteiger partial charge in [-0.2, -0.15) is 0 Å². The molecular formula is C6H4ClFO2S.